The zero-order valence-electron chi connectivity index (χ0n) is 26.3. The van der Waals surface area contributed by atoms with Crippen LogP contribution in [0.2, 0.25) is 0 Å². The van der Waals surface area contributed by atoms with Crippen LogP contribution >= 0.6 is 0 Å². The van der Waals surface area contributed by atoms with Crippen LogP contribution in [-0.4, -0.2) is 81.5 Å². The maximum atomic E-state index is 13.1. The molecule has 0 radical (unpaired) electrons. The lowest BCUT2D eigenvalue weighted by molar-refractivity contribution is -0.162. The van der Waals surface area contributed by atoms with E-state index in [0.717, 1.165) is 45.4 Å². The highest BCUT2D eigenvalue weighted by Crippen LogP contribution is 2.42. The summed E-state index contributed by atoms with van der Waals surface area (Å²) in [5.74, 6) is -1.85. The molecule has 1 aliphatic heterocycles. The first kappa shape index (κ1) is 34.5. The smallest absolute Gasteiger partial charge is 0.415 e. The number of nitrogens with zero attached hydrogens (tertiary/aromatic N) is 4. The highest BCUT2D eigenvalue weighted by atomic mass is 16.7. The predicted molar refractivity (Wildman–Crippen MR) is 157 cm³/mol. The normalized spacial score (nSPS) is 24.1. The fraction of sp³-hybridized carbons (Fsp3) is 0.633. The van der Waals surface area contributed by atoms with Gasteiger partial charge in [0.1, 0.15) is 42.8 Å². The molecule has 2 aliphatic rings. The van der Waals surface area contributed by atoms with Crippen molar-refractivity contribution >= 4 is 35.3 Å². The van der Waals surface area contributed by atoms with Gasteiger partial charge in [-0.15, -0.1) is 0 Å². The molecule has 1 unspecified atom stereocenters. The van der Waals surface area contributed by atoms with Crippen LogP contribution in [0.1, 0.15) is 71.9 Å². The molecule has 0 aromatic carbocycles. The third-order valence-corrected chi connectivity index (χ3v) is 8.13. The average Bonchev–Trinajstić information content (AvgIpc) is 3.55. The summed E-state index contributed by atoms with van der Waals surface area (Å²) in [5.41, 5.74) is 3.48. The summed E-state index contributed by atoms with van der Waals surface area (Å²) in [6.07, 6.45) is 0.750. The number of nitrogens with two attached hydrogens (primary N) is 1. The van der Waals surface area contributed by atoms with Crippen molar-refractivity contribution in [2.75, 3.05) is 18.7 Å². The number of nitriles is 1. The first-order valence-corrected chi connectivity index (χ1v) is 15.1. The lowest BCUT2D eigenvalue weighted by Crippen LogP contribution is -2.45. The fourth-order valence-corrected chi connectivity index (χ4v) is 5.49. The van der Waals surface area contributed by atoms with Gasteiger partial charge in [-0.3, -0.25) is 19.7 Å². The van der Waals surface area contributed by atoms with Crippen LogP contribution in [-0.2, 0) is 43.7 Å². The lowest BCUT2D eigenvalue weighted by atomic mass is 9.87. The molecule has 2 fully saturated rings. The summed E-state index contributed by atoms with van der Waals surface area (Å²) in [6.45, 7) is 5.37. The molecule has 4 rings (SSSR count). The molecule has 1 saturated carbocycles. The van der Waals surface area contributed by atoms with Crippen LogP contribution in [0.15, 0.2) is 18.5 Å². The molecule has 250 valence electrons. The number of carbonyl (C=O) groups excluding carboxylic acids is 4. The van der Waals surface area contributed by atoms with Crippen molar-refractivity contribution in [2.24, 2.45) is 17.1 Å². The van der Waals surface area contributed by atoms with E-state index in [9.17, 15) is 29.5 Å². The van der Waals surface area contributed by atoms with Crippen molar-refractivity contribution in [3.05, 3.63) is 24.2 Å². The van der Waals surface area contributed by atoms with Crippen molar-refractivity contribution in [1.29, 1.82) is 5.26 Å². The van der Waals surface area contributed by atoms with Crippen molar-refractivity contribution in [2.45, 2.75) is 96.2 Å². The first-order chi connectivity index (χ1) is 21.8. The van der Waals surface area contributed by atoms with Crippen LogP contribution in [0.25, 0.3) is 5.52 Å². The number of ether oxygens (including phenoxy) is 5. The number of aromatic nitrogens is 3. The standard InChI is InChI=1S/C30H40N6O10/c1-17(37)43-16-44-28(41)35-26-19-10-11-21(36(19)34-15-33-26)30(14-31)25(39)23(45-22(38)12-18-8-6-5-7-9-18)20(46-30)13-42-27(40)24(32)29(2,3)4/h10-11,15,18,20,23-25,39H,5-9,12-13,16,32H2,1-4H3,(H,33,34,35,41)/t20-,23-,24?,25-,30+/m1/s1. The number of fused-ring (bicyclic) bond motifs is 1. The van der Waals surface area contributed by atoms with Crippen molar-refractivity contribution in [1.82, 2.24) is 14.6 Å². The molecule has 4 N–H and O–H groups in total. The summed E-state index contributed by atoms with van der Waals surface area (Å²) in [5, 5.41) is 28.7. The molecule has 0 spiro atoms. The second kappa shape index (κ2) is 14.4. The third-order valence-electron chi connectivity index (χ3n) is 8.13. The molecule has 16 heteroatoms. The van der Waals surface area contributed by atoms with E-state index < -0.39 is 72.8 Å². The van der Waals surface area contributed by atoms with Gasteiger partial charge in [0.2, 0.25) is 12.4 Å². The molecule has 5 atom stereocenters. The molecule has 1 amide bonds. The minimum Gasteiger partial charge on any atom is -0.462 e. The zero-order chi connectivity index (χ0) is 33.6. The van der Waals surface area contributed by atoms with Crippen molar-refractivity contribution < 1.29 is 48.0 Å². The highest BCUT2D eigenvalue weighted by molar-refractivity contribution is 5.88. The molecule has 16 nitrogen and oxygen atoms in total. The van der Waals surface area contributed by atoms with Crippen LogP contribution in [0, 0.1) is 22.7 Å². The van der Waals surface area contributed by atoms with Crippen molar-refractivity contribution in [3.63, 3.8) is 0 Å². The lowest BCUT2D eigenvalue weighted by Gasteiger charge is -2.26. The Labute approximate surface area is 265 Å². The Hall–Kier alpha value is -4.33. The van der Waals surface area contributed by atoms with Crippen molar-refractivity contribution in [3.8, 4) is 6.07 Å². The summed E-state index contributed by atoms with van der Waals surface area (Å²) < 4.78 is 27.9. The van der Waals surface area contributed by atoms with Gasteiger partial charge in [-0.2, -0.15) is 10.4 Å². The highest BCUT2D eigenvalue weighted by Gasteiger charge is 2.60. The molecule has 46 heavy (non-hydrogen) atoms. The van der Waals surface area contributed by atoms with Gasteiger partial charge in [-0.05, 0) is 36.3 Å². The molecule has 0 bridgehead atoms. The number of anilines is 1. The van der Waals surface area contributed by atoms with Crippen LogP contribution < -0.4 is 11.1 Å². The average molecular weight is 645 g/mol. The summed E-state index contributed by atoms with van der Waals surface area (Å²) in [6, 6.07) is 3.91. The zero-order valence-corrected chi connectivity index (χ0v) is 26.3. The van der Waals surface area contributed by atoms with Gasteiger partial charge >= 0.3 is 24.0 Å². The van der Waals surface area contributed by atoms with Crippen LogP contribution in [0.4, 0.5) is 10.6 Å². The number of aliphatic hydroxyl groups excluding tert-OH is 1. The van der Waals surface area contributed by atoms with Crippen LogP contribution in [0.5, 0.6) is 0 Å². The topological polar surface area (TPSA) is 227 Å². The molecule has 1 aliphatic carbocycles. The molecule has 3 heterocycles. The first-order valence-electron chi connectivity index (χ1n) is 15.1. The maximum Gasteiger partial charge on any atom is 0.415 e. The fourth-order valence-electron chi connectivity index (χ4n) is 5.49. The number of hydrogen-bond donors (Lipinski definition) is 3. The SMILES string of the molecule is CC(=O)OCOC(=O)Nc1ncnn2c([C@]3(C#N)O[C@H](COC(=O)C(N)C(C)(C)C)[C@@H](OC(=O)CC4CCCCC4)[C@H]3O)ccc12. The van der Waals surface area contributed by atoms with E-state index in [2.05, 4.69) is 20.1 Å². The minimum absolute atomic E-state index is 0.0183. The largest absolute Gasteiger partial charge is 0.462 e. The third kappa shape index (κ3) is 7.72. The number of carbonyl (C=O) groups is 4. The Balaban J connectivity index is 1.61. The predicted octanol–water partition coefficient (Wildman–Crippen LogP) is 2.08. The van der Waals surface area contributed by atoms with E-state index in [4.69, 9.17) is 24.7 Å². The van der Waals surface area contributed by atoms with Gasteiger partial charge in [-0.25, -0.2) is 14.3 Å². The summed E-state index contributed by atoms with van der Waals surface area (Å²) in [4.78, 5) is 53.0. The second-order valence-electron chi connectivity index (χ2n) is 12.5. The van der Waals surface area contributed by atoms with E-state index >= 15 is 0 Å². The number of hydrogen-bond acceptors (Lipinski definition) is 14. The summed E-state index contributed by atoms with van der Waals surface area (Å²) >= 11 is 0. The second-order valence-corrected chi connectivity index (χ2v) is 12.5. The number of esters is 3. The molecule has 2 aromatic rings. The molecular formula is C30H40N6O10. The quantitative estimate of drug-likeness (QED) is 0.191. The minimum atomic E-state index is -2.16. The van der Waals surface area contributed by atoms with E-state index in [1.165, 1.54) is 16.6 Å². The number of amides is 1. The number of nitrogens with one attached hydrogen (secondary N) is 1. The Morgan fingerprint density at radius 1 is 1.20 bits per heavy atom. The molecule has 2 aromatic heterocycles. The van der Waals surface area contributed by atoms with Gasteiger partial charge in [0.15, 0.2) is 11.9 Å². The van der Waals surface area contributed by atoms with Gasteiger partial charge in [0, 0.05) is 13.3 Å². The maximum absolute atomic E-state index is 13.1. The summed E-state index contributed by atoms with van der Waals surface area (Å²) in [7, 11) is 0. The monoisotopic (exact) mass is 644 g/mol. The van der Waals surface area contributed by atoms with Crippen LogP contribution in [0.3, 0.4) is 0 Å². The Bertz CT molecular complexity index is 1480. The van der Waals surface area contributed by atoms with Gasteiger partial charge in [0.05, 0.1) is 5.69 Å². The Morgan fingerprint density at radius 2 is 1.91 bits per heavy atom. The van der Waals surface area contributed by atoms with Gasteiger partial charge < -0.3 is 34.5 Å². The Kier molecular flexibility index (Phi) is 10.8. The van der Waals surface area contributed by atoms with E-state index in [-0.39, 0.29) is 29.4 Å². The van der Waals surface area contributed by atoms with Gasteiger partial charge in [0.25, 0.3) is 0 Å². The molecule has 1 saturated heterocycles. The van der Waals surface area contributed by atoms with Gasteiger partial charge in [-0.1, -0.05) is 40.0 Å². The van der Waals surface area contributed by atoms with E-state index in [1.807, 2.05) is 6.07 Å². The number of aliphatic hydroxyl groups is 1. The number of rotatable bonds is 10. The van der Waals surface area contributed by atoms with E-state index in [0.29, 0.717) is 0 Å². The Morgan fingerprint density at radius 3 is 2.57 bits per heavy atom. The molecular weight excluding hydrogens is 604 g/mol. The van der Waals surface area contributed by atoms with E-state index in [1.54, 1.807) is 20.8 Å².